The first kappa shape index (κ1) is 13.1. The van der Waals surface area contributed by atoms with Crippen molar-refractivity contribution in [3.63, 3.8) is 0 Å². The molecule has 3 aromatic rings. The average Bonchev–Trinajstić information content (AvgIpc) is 2.91. The summed E-state index contributed by atoms with van der Waals surface area (Å²) in [6.07, 6.45) is 2.92. The van der Waals surface area contributed by atoms with Crippen LogP contribution in [0.25, 0.3) is 5.65 Å². The van der Waals surface area contributed by atoms with Gasteiger partial charge in [-0.3, -0.25) is 4.40 Å². The summed E-state index contributed by atoms with van der Waals surface area (Å²) in [6, 6.07) is 14.3. The molecular formula is C15H16N4S. The van der Waals surface area contributed by atoms with Gasteiger partial charge in [-0.15, -0.1) is 10.2 Å². The minimum absolute atomic E-state index is 0.114. The molecule has 5 heteroatoms. The molecule has 1 atom stereocenters. The number of fused-ring (bicyclic) bond motifs is 1. The minimum Gasteiger partial charge on any atom is -0.324 e. The highest BCUT2D eigenvalue weighted by atomic mass is 32.2. The zero-order valence-electron chi connectivity index (χ0n) is 11.2. The van der Waals surface area contributed by atoms with Crippen LogP contribution in [0.5, 0.6) is 0 Å². The summed E-state index contributed by atoms with van der Waals surface area (Å²) < 4.78 is 1.98. The van der Waals surface area contributed by atoms with Gasteiger partial charge in [0.25, 0.3) is 0 Å². The number of nitrogens with zero attached hydrogens (tertiary/aromatic N) is 3. The Kier molecular flexibility index (Phi) is 3.71. The Morgan fingerprint density at radius 2 is 1.95 bits per heavy atom. The molecule has 0 amide bonds. The Labute approximate surface area is 122 Å². The Balaban J connectivity index is 1.84. The van der Waals surface area contributed by atoms with Crippen LogP contribution in [0.15, 0.2) is 58.7 Å². The van der Waals surface area contributed by atoms with Gasteiger partial charge in [0, 0.05) is 17.1 Å². The van der Waals surface area contributed by atoms with E-state index >= 15 is 0 Å². The molecule has 0 fully saturated rings. The van der Waals surface area contributed by atoms with E-state index in [9.17, 15) is 0 Å². The first-order valence-corrected chi connectivity index (χ1v) is 7.42. The van der Waals surface area contributed by atoms with Crippen molar-refractivity contribution >= 4 is 17.4 Å². The lowest BCUT2D eigenvalue weighted by Crippen LogP contribution is -2.07. The van der Waals surface area contributed by atoms with Crippen molar-refractivity contribution < 1.29 is 0 Å². The van der Waals surface area contributed by atoms with Crippen LogP contribution in [0.1, 0.15) is 24.9 Å². The summed E-state index contributed by atoms with van der Waals surface area (Å²) in [5.41, 5.74) is 8.05. The molecule has 1 aromatic carbocycles. The minimum atomic E-state index is 0.114. The van der Waals surface area contributed by atoms with Crippen molar-refractivity contribution in [2.75, 3.05) is 0 Å². The van der Waals surface area contributed by atoms with E-state index in [2.05, 4.69) is 41.4 Å². The molecule has 0 aliphatic heterocycles. The molecule has 20 heavy (non-hydrogen) atoms. The van der Waals surface area contributed by atoms with Crippen LogP contribution < -0.4 is 5.73 Å². The van der Waals surface area contributed by atoms with Gasteiger partial charge in [-0.05, 0) is 48.0 Å². The number of nitrogens with two attached hydrogens (primary N) is 1. The van der Waals surface area contributed by atoms with Crippen LogP contribution in [0, 0.1) is 0 Å². The molecule has 2 aromatic heterocycles. The molecule has 0 unspecified atom stereocenters. The third-order valence-electron chi connectivity index (χ3n) is 3.24. The summed E-state index contributed by atoms with van der Waals surface area (Å²) >= 11 is 1.60. The van der Waals surface area contributed by atoms with Gasteiger partial charge < -0.3 is 5.73 Å². The fraction of sp³-hybridized carbons (Fsp3) is 0.200. The predicted octanol–water partition coefficient (Wildman–Crippen LogP) is 3.29. The Morgan fingerprint density at radius 3 is 2.70 bits per heavy atom. The maximum Gasteiger partial charge on any atom is 0.200 e. The zero-order chi connectivity index (χ0) is 13.9. The lowest BCUT2D eigenvalue weighted by molar-refractivity contribution is 0.698. The number of benzene rings is 1. The number of hydrogen-bond donors (Lipinski definition) is 1. The molecule has 4 nitrogen and oxygen atoms in total. The molecule has 102 valence electrons. The molecule has 2 heterocycles. The summed E-state index contributed by atoms with van der Waals surface area (Å²) in [6.45, 7) is 2.09. The highest BCUT2D eigenvalue weighted by Gasteiger charge is 2.07. The van der Waals surface area contributed by atoms with Crippen LogP contribution in [0.3, 0.4) is 0 Å². The Bertz CT molecular complexity index is 705. The van der Waals surface area contributed by atoms with Gasteiger partial charge in [0.15, 0.2) is 10.8 Å². The SMILES string of the molecule is CC[C@H](N)c1ccc(Sc2nnc3ccccn23)cc1. The number of hydrogen-bond acceptors (Lipinski definition) is 4. The first-order valence-electron chi connectivity index (χ1n) is 6.61. The van der Waals surface area contributed by atoms with Crippen molar-refractivity contribution in [3.8, 4) is 0 Å². The predicted molar refractivity (Wildman–Crippen MR) is 80.8 cm³/mol. The van der Waals surface area contributed by atoms with E-state index in [4.69, 9.17) is 5.73 Å². The highest BCUT2D eigenvalue weighted by Crippen LogP contribution is 2.27. The quantitative estimate of drug-likeness (QED) is 0.798. The maximum atomic E-state index is 6.02. The van der Waals surface area contributed by atoms with E-state index in [1.165, 1.54) is 5.56 Å². The topological polar surface area (TPSA) is 56.2 Å². The highest BCUT2D eigenvalue weighted by molar-refractivity contribution is 7.99. The second-order valence-corrected chi connectivity index (χ2v) is 5.64. The zero-order valence-corrected chi connectivity index (χ0v) is 12.0. The monoisotopic (exact) mass is 284 g/mol. The molecule has 0 spiro atoms. The van der Waals surface area contributed by atoms with Gasteiger partial charge in [-0.2, -0.15) is 0 Å². The fourth-order valence-electron chi connectivity index (χ4n) is 2.01. The normalized spacial score (nSPS) is 12.7. The van der Waals surface area contributed by atoms with E-state index in [1.807, 2.05) is 28.8 Å². The van der Waals surface area contributed by atoms with Gasteiger partial charge in [0.1, 0.15) is 0 Å². The largest absolute Gasteiger partial charge is 0.324 e. The molecule has 0 bridgehead atoms. The fourth-order valence-corrected chi connectivity index (χ4v) is 2.83. The summed E-state index contributed by atoms with van der Waals surface area (Å²) in [5.74, 6) is 0. The van der Waals surface area contributed by atoms with Crippen molar-refractivity contribution in [1.82, 2.24) is 14.6 Å². The molecule has 0 saturated carbocycles. The third kappa shape index (κ3) is 2.55. The van der Waals surface area contributed by atoms with Gasteiger partial charge in [0.2, 0.25) is 0 Å². The van der Waals surface area contributed by atoms with Crippen LogP contribution in [-0.2, 0) is 0 Å². The molecule has 0 aliphatic rings. The lowest BCUT2D eigenvalue weighted by atomic mass is 10.1. The summed E-state index contributed by atoms with van der Waals surface area (Å²) in [4.78, 5) is 1.13. The van der Waals surface area contributed by atoms with Crippen LogP contribution in [0.2, 0.25) is 0 Å². The maximum absolute atomic E-state index is 6.02. The van der Waals surface area contributed by atoms with E-state index in [-0.39, 0.29) is 6.04 Å². The Morgan fingerprint density at radius 1 is 1.15 bits per heavy atom. The smallest absolute Gasteiger partial charge is 0.200 e. The second-order valence-electron chi connectivity index (χ2n) is 4.60. The average molecular weight is 284 g/mol. The molecule has 2 N–H and O–H groups in total. The Hall–Kier alpha value is -1.85. The van der Waals surface area contributed by atoms with Crippen LogP contribution in [0.4, 0.5) is 0 Å². The van der Waals surface area contributed by atoms with Crippen molar-refractivity contribution in [2.24, 2.45) is 5.73 Å². The van der Waals surface area contributed by atoms with Gasteiger partial charge in [0.05, 0.1) is 0 Å². The van der Waals surface area contributed by atoms with Crippen molar-refractivity contribution in [2.45, 2.75) is 29.4 Å². The van der Waals surface area contributed by atoms with Crippen molar-refractivity contribution in [3.05, 3.63) is 54.2 Å². The van der Waals surface area contributed by atoms with Crippen LogP contribution >= 0.6 is 11.8 Å². The van der Waals surface area contributed by atoms with Gasteiger partial charge >= 0.3 is 0 Å². The van der Waals surface area contributed by atoms with E-state index in [0.717, 1.165) is 22.1 Å². The molecule has 0 aliphatic carbocycles. The number of pyridine rings is 1. The van der Waals surface area contributed by atoms with Crippen molar-refractivity contribution in [1.29, 1.82) is 0 Å². The lowest BCUT2D eigenvalue weighted by Gasteiger charge is -2.09. The number of rotatable bonds is 4. The number of aromatic nitrogens is 3. The summed E-state index contributed by atoms with van der Waals surface area (Å²) in [5, 5.41) is 9.23. The second kappa shape index (κ2) is 5.64. The molecule has 0 saturated heterocycles. The molecular weight excluding hydrogens is 268 g/mol. The standard InChI is InChI=1S/C15H16N4S/c1-2-13(16)11-6-8-12(9-7-11)20-15-18-17-14-5-3-4-10-19(14)15/h3-10,13H,2,16H2,1H3/t13-/m0/s1. The van der Waals surface area contributed by atoms with E-state index in [0.29, 0.717) is 0 Å². The third-order valence-corrected chi connectivity index (χ3v) is 4.21. The van der Waals surface area contributed by atoms with E-state index in [1.54, 1.807) is 11.8 Å². The summed E-state index contributed by atoms with van der Waals surface area (Å²) in [7, 11) is 0. The first-order chi connectivity index (χ1) is 9.78. The molecule has 3 rings (SSSR count). The molecule has 0 radical (unpaired) electrons. The van der Waals surface area contributed by atoms with E-state index < -0.39 is 0 Å². The van der Waals surface area contributed by atoms with Crippen LogP contribution in [-0.4, -0.2) is 14.6 Å². The van der Waals surface area contributed by atoms with Gasteiger partial charge in [-0.25, -0.2) is 0 Å². The van der Waals surface area contributed by atoms with Gasteiger partial charge in [-0.1, -0.05) is 25.1 Å².